The van der Waals surface area contributed by atoms with Crippen LogP contribution in [0.1, 0.15) is 31.2 Å². The number of hydrogen-bond acceptors (Lipinski definition) is 7. The van der Waals surface area contributed by atoms with Crippen molar-refractivity contribution in [1.82, 2.24) is 24.6 Å². The number of rotatable bonds is 5. The molecule has 3 fully saturated rings. The minimum Gasteiger partial charge on any atom is -0.352 e. The van der Waals surface area contributed by atoms with E-state index >= 15 is 0 Å². The molecule has 2 aromatic heterocycles. The number of anilines is 3. The number of aryl methyl sites for hydroxylation is 2. The van der Waals surface area contributed by atoms with Gasteiger partial charge in [-0.3, -0.25) is 9.58 Å². The van der Waals surface area contributed by atoms with Crippen LogP contribution in [0.15, 0.2) is 18.6 Å². The van der Waals surface area contributed by atoms with Crippen molar-refractivity contribution in [2.24, 2.45) is 12.5 Å². The Morgan fingerprint density at radius 1 is 1.26 bits per heavy atom. The molecule has 1 N–H and O–H groups in total. The average Bonchev–Trinajstić information content (AvgIpc) is 2.99. The summed E-state index contributed by atoms with van der Waals surface area (Å²) in [5.41, 5.74) is 0.462. The lowest BCUT2D eigenvalue weighted by Gasteiger charge is -2.57. The van der Waals surface area contributed by atoms with E-state index in [1.54, 1.807) is 17.1 Å². The predicted molar refractivity (Wildman–Crippen MR) is 111 cm³/mol. The molecule has 31 heavy (non-hydrogen) atoms. The standard InChI is InChI=1S/C21H26F2N8/c1-15-8-25-18(27-16-9-26-29(2)10-16)28-17(15)30-13-20(14-30,5-6-24)31-7-3-4-19(12-31)11-21(19,22)23/h8-10H,3-5,7,11-14H2,1-2H3,(H,25,27,28). The van der Waals surface area contributed by atoms with Gasteiger partial charge in [0.15, 0.2) is 0 Å². The molecule has 8 nitrogen and oxygen atoms in total. The number of likely N-dealkylation sites (tertiary alicyclic amines) is 1. The largest absolute Gasteiger partial charge is 0.352 e. The van der Waals surface area contributed by atoms with E-state index in [0.29, 0.717) is 38.4 Å². The Morgan fingerprint density at radius 2 is 2.03 bits per heavy atom. The van der Waals surface area contributed by atoms with Gasteiger partial charge in [0.05, 0.1) is 35.3 Å². The zero-order valence-electron chi connectivity index (χ0n) is 17.8. The molecule has 0 bridgehead atoms. The molecule has 1 atom stereocenters. The first kappa shape index (κ1) is 20.1. The first-order chi connectivity index (χ1) is 14.8. The van der Waals surface area contributed by atoms with Crippen molar-refractivity contribution >= 4 is 17.5 Å². The zero-order chi connectivity index (χ0) is 21.9. The molecule has 164 valence electrons. The van der Waals surface area contributed by atoms with E-state index in [-0.39, 0.29) is 6.42 Å². The second kappa shape index (κ2) is 6.85. The average molecular weight is 428 g/mol. The van der Waals surface area contributed by atoms with Crippen molar-refractivity contribution < 1.29 is 8.78 Å². The lowest BCUT2D eigenvalue weighted by molar-refractivity contribution is -0.0259. The summed E-state index contributed by atoms with van der Waals surface area (Å²) in [6.07, 6.45) is 6.96. The fourth-order valence-electron chi connectivity index (χ4n) is 5.17. The van der Waals surface area contributed by atoms with Gasteiger partial charge in [0.2, 0.25) is 5.95 Å². The van der Waals surface area contributed by atoms with Gasteiger partial charge >= 0.3 is 0 Å². The highest BCUT2D eigenvalue weighted by molar-refractivity contribution is 5.57. The van der Waals surface area contributed by atoms with Crippen LogP contribution in [-0.2, 0) is 7.05 Å². The quantitative estimate of drug-likeness (QED) is 0.784. The van der Waals surface area contributed by atoms with E-state index in [1.807, 2.05) is 20.2 Å². The van der Waals surface area contributed by atoms with Gasteiger partial charge in [-0.15, -0.1) is 0 Å². The van der Waals surface area contributed by atoms with E-state index in [4.69, 9.17) is 0 Å². The van der Waals surface area contributed by atoms with Gasteiger partial charge in [0.1, 0.15) is 5.82 Å². The predicted octanol–water partition coefficient (Wildman–Crippen LogP) is 2.86. The van der Waals surface area contributed by atoms with Crippen molar-refractivity contribution in [2.45, 2.75) is 44.1 Å². The molecule has 2 aromatic rings. The van der Waals surface area contributed by atoms with E-state index < -0.39 is 16.9 Å². The maximum Gasteiger partial charge on any atom is 0.255 e. The number of nitrogens with zero attached hydrogens (tertiary/aromatic N) is 7. The summed E-state index contributed by atoms with van der Waals surface area (Å²) in [7, 11) is 1.84. The molecule has 3 aliphatic rings. The molecule has 2 saturated heterocycles. The summed E-state index contributed by atoms with van der Waals surface area (Å²) in [6.45, 7) is 4.31. The maximum absolute atomic E-state index is 14.0. The highest BCUT2D eigenvalue weighted by Gasteiger charge is 2.72. The molecule has 1 saturated carbocycles. The molecule has 0 radical (unpaired) electrons. The summed E-state index contributed by atoms with van der Waals surface area (Å²) in [6, 6.07) is 2.30. The molecule has 10 heteroatoms. The molecule has 1 aliphatic carbocycles. The van der Waals surface area contributed by atoms with Crippen LogP contribution in [0.2, 0.25) is 0 Å². The summed E-state index contributed by atoms with van der Waals surface area (Å²) in [5.74, 6) is -1.28. The second-order valence-corrected chi connectivity index (χ2v) is 9.33. The molecule has 0 aromatic carbocycles. The Morgan fingerprint density at radius 3 is 2.68 bits per heavy atom. The first-order valence-electron chi connectivity index (χ1n) is 10.6. The molecule has 1 unspecified atom stereocenters. The third-order valence-electron chi connectivity index (χ3n) is 7.04. The Hall–Kier alpha value is -2.80. The maximum atomic E-state index is 14.0. The number of nitrogens with one attached hydrogen (secondary N) is 1. The van der Waals surface area contributed by atoms with Crippen molar-refractivity contribution in [3.8, 4) is 6.07 Å². The molecular formula is C21H26F2N8. The Labute approximate surface area is 179 Å². The fraction of sp³-hybridized carbons (Fsp3) is 0.619. The molecular weight excluding hydrogens is 402 g/mol. The molecule has 2 aliphatic heterocycles. The van der Waals surface area contributed by atoms with Crippen LogP contribution in [0.5, 0.6) is 0 Å². The first-order valence-corrected chi connectivity index (χ1v) is 10.6. The van der Waals surface area contributed by atoms with Crippen molar-refractivity contribution in [3.63, 3.8) is 0 Å². The number of alkyl halides is 2. The number of piperidine rings is 1. The highest BCUT2D eigenvalue weighted by Crippen LogP contribution is 2.65. The summed E-state index contributed by atoms with van der Waals surface area (Å²) in [4.78, 5) is 13.3. The Balaban J connectivity index is 1.33. The lowest BCUT2D eigenvalue weighted by atomic mass is 9.80. The van der Waals surface area contributed by atoms with Crippen LogP contribution in [0, 0.1) is 23.7 Å². The minimum absolute atomic E-state index is 0.0166. The van der Waals surface area contributed by atoms with Crippen molar-refractivity contribution in [3.05, 3.63) is 24.2 Å². The van der Waals surface area contributed by atoms with E-state index in [0.717, 1.165) is 30.0 Å². The van der Waals surface area contributed by atoms with Gasteiger partial charge in [-0.1, -0.05) is 0 Å². The number of aromatic nitrogens is 4. The molecule has 0 amide bonds. The molecule has 1 spiro atoms. The van der Waals surface area contributed by atoms with Gasteiger partial charge in [0.25, 0.3) is 5.92 Å². The number of nitriles is 1. The fourth-order valence-corrected chi connectivity index (χ4v) is 5.17. The topological polar surface area (TPSA) is 85.9 Å². The van der Waals surface area contributed by atoms with Gasteiger partial charge < -0.3 is 10.2 Å². The van der Waals surface area contributed by atoms with Crippen LogP contribution in [0.4, 0.5) is 26.2 Å². The molecule has 4 heterocycles. The smallest absolute Gasteiger partial charge is 0.255 e. The summed E-state index contributed by atoms with van der Waals surface area (Å²) < 4.78 is 29.8. The summed E-state index contributed by atoms with van der Waals surface area (Å²) >= 11 is 0. The number of hydrogen-bond donors (Lipinski definition) is 1. The second-order valence-electron chi connectivity index (χ2n) is 9.33. The van der Waals surface area contributed by atoms with Crippen molar-refractivity contribution in [2.75, 3.05) is 36.4 Å². The minimum atomic E-state index is -2.56. The van der Waals surface area contributed by atoms with Crippen LogP contribution in [0.3, 0.4) is 0 Å². The van der Waals surface area contributed by atoms with Gasteiger partial charge in [0, 0.05) is 51.1 Å². The SMILES string of the molecule is Cc1cnc(Nc2cnn(C)c2)nc1N1CC(CC#N)(N2CCCC3(C2)CC3(F)F)C1. The normalized spacial score (nSPS) is 26.4. The van der Waals surface area contributed by atoms with E-state index in [2.05, 4.69) is 36.3 Å². The van der Waals surface area contributed by atoms with E-state index in [1.165, 1.54) is 0 Å². The zero-order valence-corrected chi connectivity index (χ0v) is 17.8. The van der Waals surface area contributed by atoms with Gasteiger partial charge in [-0.05, 0) is 26.3 Å². The van der Waals surface area contributed by atoms with E-state index in [9.17, 15) is 14.0 Å². The number of halogens is 2. The third-order valence-corrected chi connectivity index (χ3v) is 7.04. The van der Waals surface area contributed by atoms with Crippen LogP contribution >= 0.6 is 0 Å². The third kappa shape index (κ3) is 3.31. The van der Waals surface area contributed by atoms with Crippen molar-refractivity contribution in [1.29, 1.82) is 5.26 Å². The van der Waals surface area contributed by atoms with Crippen LogP contribution in [0.25, 0.3) is 0 Å². The van der Waals surface area contributed by atoms with Crippen LogP contribution < -0.4 is 10.2 Å². The monoisotopic (exact) mass is 428 g/mol. The lowest BCUT2D eigenvalue weighted by Crippen LogP contribution is -2.72. The molecule has 5 rings (SSSR count). The Kier molecular flexibility index (Phi) is 4.45. The summed E-state index contributed by atoms with van der Waals surface area (Å²) in [5, 5.41) is 16.8. The van der Waals surface area contributed by atoms with Crippen LogP contribution in [-0.4, -0.2) is 62.3 Å². The van der Waals surface area contributed by atoms with Gasteiger partial charge in [-0.25, -0.2) is 13.8 Å². The Bertz CT molecular complexity index is 1040. The highest BCUT2D eigenvalue weighted by atomic mass is 19.3. The van der Waals surface area contributed by atoms with Gasteiger partial charge in [-0.2, -0.15) is 15.3 Å².